The molecule has 0 fully saturated rings. The van der Waals surface area contributed by atoms with Gasteiger partial charge in [-0.2, -0.15) is 0 Å². The molecule has 0 saturated heterocycles. The van der Waals surface area contributed by atoms with Crippen LogP contribution in [-0.4, -0.2) is 15.4 Å². The number of hydrogen-bond donors (Lipinski definition) is 0. The molecule has 1 heterocycles. The average Bonchev–Trinajstić information content (AvgIpc) is 2.58. The number of nitrogens with zero attached hydrogens (tertiary/aromatic N) is 1. The number of aryl methyl sites for hydroxylation is 2. The van der Waals surface area contributed by atoms with Crippen molar-refractivity contribution in [2.45, 2.75) is 18.7 Å². The minimum absolute atomic E-state index is 0.524. The summed E-state index contributed by atoms with van der Waals surface area (Å²) in [5.41, 5.74) is 5.70. The van der Waals surface area contributed by atoms with E-state index in [2.05, 4.69) is 6.07 Å². The minimum Gasteiger partial charge on any atom is -0.257 e. The summed E-state index contributed by atoms with van der Waals surface area (Å²) in [5, 5.41) is 1.05. The van der Waals surface area contributed by atoms with Crippen LogP contribution in [0.15, 0.2) is 53.4 Å². The Morgan fingerprint density at radius 3 is 2.16 bits per heavy atom. The van der Waals surface area contributed by atoms with Crippen molar-refractivity contribution in [3.8, 4) is 22.3 Å². The van der Waals surface area contributed by atoms with Crippen LogP contribution in [0.2, 0.25) is 10.0 Å². The van der Waals surface area contributed by atoms with Gasteiger partial charge in [-0.25, -0.2) is 0 Å². The van der Waals surface area contributed by atoms with E-state index in [-0.39, 0.29) is 0 Å². The summed E-state index contributed by atoms with van der Waals surface area (Å²) in [7, 11) is -0.990. The van der Waals surface area contributed by atoms with Gasteiger partial charge in [-0.05, 0) is 43.7 Å². The van der Waals surface area contributed by atoms with Gasteiger partial charge < -0.3 is 0 Å². The molecule has 25 heavy (non-hydrogen) atoms. The standard InChI is InChI=1S/C20H17Cl2NOS/c1-12-17(14-7-9-15(10-8-14)25(3)24)11-18(13(2)23-12)16-5-4-6-19(21)20(16)22/h4-11H,1-3H3. The third kappa shape index (κ3) is 3.64. The molecule has 1 atom stereocenters. The number of benzene rings is 2. The van der Waals surface area contributed by atoms with Crippen molar-refractivity contribution in [1.82, 2.24) is 4.98 Å². The maximum atomic E-state index is 11.6. The lowest BCUT2D eigenvalue weighted by molar-refractivity contribution is 0.687. The zero-order chi connectivity index (χ0) is 18.1. The van der Waals surface area contributed by atoms with Gasteiger partial charge in [0, 0.05) is 50.0 Å². The molecule has 0 aliphatic heterocycles. The molecule has 1 unspecified atom stereocenters. The van der Waals surface area contributed by atoms with E-state index in [1.165, 1.54) is 0 Å². The van der Waals surface area contributed by atoms with E-state index in [1.807, 2.05) is 50.2 Å². The summed E-state index contributed by atoms with van der Waals surface area (Å²) in [6.45, 7) is 3.95. The second-order valence-corrected chi connectivity index (χ2v) is 8.00. The van der Waals surface area contributed by atoms with E-state index in [1.54, 1.807) is 12.3 Å². The van der Waals surface area contributed by atoms with Gasteiger partial charge in [-0.3, -0.25) is 9.19 Å². The molecule has 0 aliphatic rings. The van der Waals surface area contributed by atoms with Crippen LogP contribution >= 0.6 is 23.2 Å². The zero-order valence-corrected chi connectivity index (χ0v) is 16.5. The minimum atomic E-state index is -0.990. The van der Waals surface area contributed by atoms with Gasteiger partial charge in [0.25, 0.3) is 0 Å². The summed E-state index contributed by atoms with van der Waals surface area (Å²) in [4.78, 5) is 5.50. The van der Waals surface area contributed by atoms with Crippen LogP contribution < -0.4 is 0 Å². The Morgan fingerprint density at radius 2 is 1.52 bits per heavy atom. The fourth-order valence-electron chi connectivity index (χ4n) is 2.83. The Hall–Kier alpha value is -1.68. The van der Waals surface area contributed by atoms with Gasteiger partial charge in [-0.15, -0.1) is 0 Å². The molecule has 0 spiro atoms. The van der Waals surface area contributed by atoms with E-state index in [0.717, 1.165) is 38.5 Å². The van der Waals surface area contributed by atoms with E-state index < -0.39 is 10.8 Å². The van der Waals surface area contributed by atoms with Gasteiger partial charge in [-0.1, -0.05) is 47.5 Å². The highest BCUT2D eigenvalue weighted by molar-refractivity contribution is 7.84. The Bertz CT molecular complexity index is 968. The quantitative estimate of drug-likeness (QED) is 0.543. The van der Waals surface area contributed by atoms with E-state index in [9.17, 15) is 4.21 Å². The molecule has 0 radical (unpaired) electrons. The lowest BCUT2D eigenvalue weighted by atomic mass is 9.97. The first-order chi connectivity index (χ1) is 11.9. The zero-order valence-electron chi connectivity index (χ0n) is 14.1. The van der Waals surface area contributed by atoms with Crippen LogP contribution in [0, 0.1) is 13.8 Å². The molecule has 2 nitrogen and oxygen atoms in total. The van der Waals surface area contributed by atoms with Crippen molar-refractivity contribution in [2.75, 3.05) is 6.26 Å². The highest BCUT2D eigenvalue weighted by atomic mass is 35.5. The number of aromatic nitrogens is 1. The summed E-state index contributed by atoms with van der Waals surface area (Å²) in [6.07, 6.45) is 1.67. The van der Waals surface area contributed by atoms with Crippen LogP contribution in [0.25, 0.3) is 22.3 Å². The second kappa shape index (κ2) is 7.28. The van der Waals surface area contributed by atoms with Crippen molar-refractivity contribution in [1.29, 1.82) is 0 Å². The van der Waals surface area contributed by atoms with Crippen molar-refractivity contribution in [3.05, 3.63) is 70.0 Å². The largest absolute Gasteiger partial charge is 0.257 e. The molecular formula is C20H17Cl2NOS. The van der Waals surface area contributed by atoms with Crippen molar-refractivity contribution in [3.63, 3.8) is 0 Å². The third-order valence-corrected chi connectivity index (χ3v) is 5.90. The Morgan fingerprint density at radius 1 is 0.880 bits per heavy atom. The SMILES string of the molecule is Cc1nc(C)c(-c2cccc(Cl)c2Cl)cc1-c1ccc(S(C)=O)cc1. The fraction of sp³-hybridized carbons (Fsp3) is 0.150. The van der Waals surface area contributed by atoms with Crippen molar-refractivity contribution >= 4 is 34.0 Å². The van der Waals surface area contributed by atoms with Gasteiger partial charge >= 0.3 is 0 Å². The average molecular weight is 390 g/mol. The number of pyridine rings is 1. The van der Waals surface area contributed by atoms with Crippen molar-refractivity contribution in [2.24, 2.45) is 0 Å². The maximum absolute atomic E-state index is 11.6. The maximum Gasteiger partial charge on any atom is 0.0671 e. The molecule has 3 rings (SSSR count). The highest BCUT2D eigenvalue weighted by Crippen LogP contribution is 2.37. The number of rotatable bonds is 3. The Balaban J connectivity index is 2.16. The lowest BCUT2D eigenvalue weighted by Gasteiger charge is -2.14. The van der Waals surface area contributed by atoms with E-state index in [4.69, 9.17) is 28.2 Å². The van der Waals surface area contributed by atoms with Crippen molar-refractivity contribution < 1.29 is 4.21 Å². The predicted molar refractivity (Wildman–Crippen MR) is 107 cm³/mol. The molecule has 0 amide bonds. The summed E-state index contributed by atoms with van der Waals surface area (Å²) in [5.74, 6) is 0. The topological polar surface area (TPSA) is 30.0 Å². The third-order valence-electron chi connectivity index (χ3n) is 4.14. The molecular weight excluding hydrogens is 373 g/mol. The fourth-order valence-corrected chi connectivity index (χ4v) is 3.75. The smallest absolute Gasteiger partial charge is 0.0671 e. The first-order valence-electron chi connectivity index (χ1n) is 7.75. The summed E-state index contributed by atoms with van der Waals surface area (Å²) >= 11 is 12.6. The van der Waals surface area contributed by atoms with Crippen LogP contribution in [-0.2, 0) is 10.8 Å². The van der Waals surface area contributed by atoms with Gasteiger partial charge in [0.05, 0.1) is 10.0 Å². The first-order valence-corrected chi connectivity index (χ1v) is 10.1. The van der Waals surface area contributed by atoms with Crippen LogP contribution in [0.4, 0.5) is 0 Å². The molecule has 3 aromatic rings. The number of halogens is 2. The molecule has 1 aromatic heterocycles. The molecule has 5 heteroatoms. The molecule has 0 saturated carbocycles. The van der Waals surface area contributed by atoms with Gasteiger partial charge in [0.1, 0.15) is 0 Å². The second-order valence-electron chi connectivity index (χ2n) is 5.83. The normalized spacial score (nSPS) is 12.2. The monoisotopic (exact) mass is 389 g/mol. The first kappa shape index (κ1) is 18.1. The number of hydrogen-bond acceptors (Lipinski definition) is 2. The van der Waals surface area contributed by atoms with Crippen LogP contribution in [0.1, 0.15) is 11.4 Å². The highest BCUT2D eigenvalue weighted by Gasteiger charge is 2.14. The van der Waals surface area contributed by atoms with Crippen LogP contribution in [0.5, 0.6) is 0 Å². The van der Waals surface area contributed by atoms with E-state index in [0.29, 0.717) is 10.0 Å². The molecule has 2 aromatic carbocycles. The Kier molecular flexibility index (Phi) is 5.28. The van der Waals surface area contributed by atoms with Gasteiger partial charge in [0.15, 0.2) is 0 Å². The van der Waals surface area contributed by atoms with E-state index >= 15 is 0 Å². The molecule has 0 aliphatic carbocycles. The summed E-state index contributed by atoms with van der Waals surface area (Å²) < 4.78 is 11.6. The molecule has 128 valence electrons. The predicted octanol–water partition coefficient (Wildman–Crippen LogP) is 6.08. The lowest BCUT2D eigenvalue weighted by Crippen LogP contribution is -1.96. The molecule has 0 bridgehead atoms. The van der Waals surface area contributed by atoms with Gasteiger partial charge in [0.2, 0.25) is 0 Å². The Labute approximate surface area is 160 Å². The molecule has 0 N–H and O–H groups in total. The summed E-state index contributed by atoms with van der Waals surface area (Å²) in [6, 6.07) is 15.4. The van der Waals surface area contributed by atoms with Crippen LogP contribution in [0.3, 0.4) is 0 Å².